The van der Waals surface area contributed by atoms with E-state index in [1.54, 1.807) is 11.3 Å². The van der Waals surface area contributed by atoms with Crippen molar-refractivity contribution < 1.29 is 4.79 Å². The van der Waals surface area contributed by atoms with Crippen LogP contribution in [0.25, 0.3) is 0 Å². The molecule has 1 amide bonds. The molecule has 0 saturated carbocycles. The number of hydrogen-bond donors (Lipinski definition) is 1. The standard InChI is InChI=1S/C13H22N4OS/c1-13(2,14)4-3-11(18)16-6-8-17(9-7-16)12-15-5-10-19-12/h5,10H,3-4,6-9,14H2,1-2H3. The van der Waals surface area contributed by atoms with Crippen molar-refractivity contribution in [2.45, 2.75) is 32.2 Å². The van der Waals surface area contributed by atoms with Gasteiger partial charge in [-0.1, -0.05) is 0 Å². The summed E-state index contributed by atoms with van der Waals surface area (Å²) in [5, 5.41) is 3.03. The summed E-state index contributed by atoms with van der Waals surface area (Å²) in [6.07, 6.45) is 3.10. The summed E-state index contributed by atoms with van der Waals surface area (Å²) >= 11 is 1.65. The maximum absolute atomic E-state index is 12.1. The fourth-order valence-corrected chi connectivity index (χ4v) is 2.80. The highest BCUT2D eigenvalue weighted by Crippen LogP contribution is 2.19. The van der Waals surface area contributed by atoms with Crippen molar-refractivity contribution in [3.63, 3.8) is 0 Å². The first-order chi connectivity index (χ1) is 8.96. The number of rotatable bonds is 4. The average molecular weight is 282 g/mol. The Balaban J connectivity index is 1.78. The Morgan fingerprint density at radius 1 is 1.42 bits per heavy atom. The molecule has 1 aromatic rings. The summed E-state index contributed by atoms with van der Waals surface area (Å²) in [7, 11) is 0. The average Bonchev–Trinajstić information content (AvgIpc) is 2.89. The van der Waals surface area contributed by atoms with Crippen molar-refractivity contribution >= 4 is 22.4 Å². The maximum atomic E-state index is 12.1. The number of amides is 1. The van der Waals surface area contributed by atoms with Crippen LogP contribution in [-0.4, -0.2) is 47.5 Å². The van der Waals surface area contributed by atoms with Gasteiger partial charge in [-0.15, -0.1) is 11.3 Å². The van der Waals surface area contributed by atoms with E-state index in [9.17, 15) is 4.79 Å². The molecule has 0 atom stereocenters. The van der Waals surface area contributed by atoms with Gasteiger partial charge in [0.2, 0.25) is 5.91 Å². The Bertz CT molecular complexity index is 405. The molecular formula is C13H22N4OS. The van der Waals surface area contributed by atoms with Crippen LogP contribution in [0.5, 0.6) is 0 Å². The molecule has 19 heavy (non-hydrogen) atoms. The smallest absolute Gasteiger partial charge is 0.222 e. The Hall–Kier alpha value is -1.14. The van der Waals surface area contributed by atoms with Gasteiger partial charge in [-0.05, 0) is 20.3 Å². The first-order valence-electron chi connectivity index (χ1n) is 6.67. The van der Waals surface area contributed by atoms with Crippen molar-refractivity contribution in [2.75, 3.05) is 31.1 Å². The Morgan fingerprint density at radius 2 is 2.11 bits per heavy atom. The van der Waals surface area contributed by atoms with Crippen LogP contribution in [-0.2, 0) is 4.79 Å². The normalized spacial score (nSPS) is 16.8. The Kier molecular flexibility index (Phi) is 4.42. The molecule has 0 radical (unpaired) electrons. The maximum Gasteiger partial charge on any atom is 0.222 e. The predicted molar refractivity (Wildman–Crippen MR) is 78.4 cm³/mol. The fraction of sp³-hybridized carbons (Fsp3) is 0.692. The van der Waals surface area contributed by atoms with Crippen LogP contribution in [0.15, 0.2) is 11.6 Å². The largest absolute Gasteiger partial charge is 0.345 e. The van der Waals surface area contributed by atoms with Gasteiger partial charge in [0.05, 0.1) is 0 Å². The summed E-state index contributed by atoms with van der Waals surface area (Å²) in [5.41, 5.74) is 5.65. The molecule has 1 aliphatic heterocycles. The molecule has 0 spiro atoms. The molecular weight excluding hydrogens is 260 g/mol. The van der Waals surface area contributed by atoms with E-state index in [0.29, 0.717) is 6.42 Å². The Morgan fingerprint density at radius 3 is 2.63 bits per heavy atom. The van der Waals surface area contributed by atoms with Gasteiger partial charge < -0.3 is 15.5 Å². The molecule has 0 aromatic carbocycles. The molecule has 0 aliphatic carbocycles. The van der Waals surface area contributed by atoms with Crippen molar-refractivity contribution in [1.82, 2.24) is 9.88 Å². The van der Waals surface area contributed by atoms with Gasteiger partial charge in [0.1, 0.15) is 0 Å². The van der Waals surface area contributed by atoms with Crippen LogP contribution < -0.4 is 10.6 Å². The molecule has 5 nitrogen and oxygen atoms in total. The van der Waals surface area contributed by atoms with Gasteiger partial charge in [-0.2, -0.15) is 0 Å². The highest BCUT2D eigenvalue weighted by atomic mass is 32.1. The number of nitrogens with zero attached hydrogens (tertiary/aromatic N) is 3. The fourth-order valence-electron chi connectivity index (χ4n) is 2.11. The van der Waals surface area contributed by atoms with Gasteiger partial charge in [0.25, 0.3) is 0 Å². The van der Waals surface area contributed by atoms with Gasteiger partial charge in [-0.25, -0.2) is 4.98 Å². The number of carbonyl (C=O) groups excluding carboxylic acids is 1. The van der Waals surface area contributed by atoms with Crippen LogP contribution >= 0.6 is 11.3 Å². The minimum absolute atomic E-state index is 0.220. The lowest BCUT2D eigenvalue weighted by molar-refractivity contribution is -0.131. The lowest BCUT2D eigenvalue weighted by Gasteiger charge is -2.35. The SMILES string of the molecule is CC(C)(N)CCC(=O)N1CCN(c2nccs2)CC1. The lowest BCUT2D eigenvalue weighted by atomic mass is 9.99. The first-order valence-corrected chi connectivity index (χ1v) is 7.55. The third kappa shape index (κ3) is 4.18. The Labute approximate surface area is 118 Å². The van der Waals surface area contributed by atoms with E-state index in [1.165, 1.54) is 0 Å². The van der Waals surface area contributed by atoms with Crippen LogP contribution in [0.1, 0.15) is 26.7 Å². The molecule has 2 N–H and O–H groups in total. The molecule has 2 rings (SSSR count). The third-order valence-electron chi connectivity index (χ3n) is 3.31. The molecule has 6 heteroatoms. The van der Waals surface area contributed by atoms with Crippen LogP contribution in [0.4, 0.5) is 5.13 Å². The van der Waals surface area contributed by atoms with E-state index < -0.39 is 0 Å². The number of carbonyl (C=O) groups is 1. The molecule has 1 fully saturated rings. The lowest BCUT2D eigenvalue weighted by Crippen LogP contribution is -2.49. The molecule has 1 aliphatic rings. The first kappa shape index (κ1) is 14.3. The second-order valence-corrected chi connectivity index (χ2v) is 6.54. The van der Waals surface area contributed by atoms with Gasteiger partial charge in [0, 0.05) is 49.7 Å². The molecule has 1 saturated heterocycles. The zero-order valence-corrected chi connectivity index (χ0v) is 12.4. The van der Waals surface area contributed by atoms with Gasteiger partial charge in [0.15, 0.2) is 5.13 Å². The zero-order valence-electron chi connectivity index (χ0n) is 11.6. The van der Waals surface area contributed by atoms with Crippen molar-refractivity contribution in [3.05, 3.63) is 11.6 Å². The van der Waals surface area contributed by atoms with Crippen molar-refractivity contribution in [3.8, 4) is 0 Å². The number of anilines is 1. The zero-order chi connectivity index (χ0) is 13.9. The highest BCUT2D eigenvalue weighted by Gasteiger charge is 2.23. The summed E-state index contributed by atoms with van der Waals surface area (Å²) in [6.45, 7) is 7.21. The van der Waals surface area contributed by atoms with E-state index in [-0.39, 0.29) is 11.4 Å². The summed E-state index contributed by atoms with van der Waals surface area (Å²) in [5.74, 6) is 0.220. The summed E-state index contributed by atoms with van der Waals surface area (Å²) in [4.78, 5) is 20.6. The molecule has 1 aromatic heterocycles. The van der Waals surface area contributed by atoms with E-state index in [1.807, 2.05) is 30.3 Å². The topological polar surface area (TPSA) is 62.5 Å². The van der Waals surface area contributed by atoms with Gasteiger partial charge in [-0.3, -0.25) is 4.79 Å². The molecule has 0 unspecified atom stereocenters. The number of hydrogen-bond acceptors (Lipinski definition) is 5. The summed E-state index contributed by atoms with van der Waals surface area (Å²) < 4.78 is 0. The van der Waals surface area contributed by atoms with E-state index in [0.717, 1.165) is 37.7 Å². The molecule has 0 bridgehead atoms. The number of aromatic nitrogens is 1. The minimum atomic E-state index is -0.266. The van der Waals surface area contributed by atoms with Gasteiger partial charge >= 0.3 is 0 Å². The van der Waals surface area contributed by atoms with E-state index in [4.69, 9.17) is 5.73 Å². The van der Waals surface area contributed by atoms with E-state index >= 15 is 0 Å². The van der Waals surface area contributed by atoms with Crippen LogP contribution in [0, 0.1) is 0 Å². The second kappa shape index (κ2) is 5.88. The third-order valence-corrected chi connectivity index (χ3v) is 4.14. The quantitative estimate of drug-likeness (QED) is 0.904. The van der Waals surface area contributed by atoms with Crippen molar-refractivity contribution in [2.24, 2.45) is 5.73 Å². The number of thiazole rings is 1. The molecule has 2 heterocycles. The van der Waals surface area contributed by atoms with Crippen LogP contribution in [0.3, 0.4) is 0 Å². The highest BCUT2D eigenvalue weighted by molar-refractivity contribution is 7.13. The van der Waals surface area contributed by atoms with E-state index in [2.05, 4.69) is 9.88 Å². The van der Waals surface area contributed by atoms with Crippen molar-refractivity contribution in [1.29, 1.82) is 0 Å². The summed E-state index contributed by atoms with van der Waals surface area (Å²) in [6, 6.07) is 0. The predicted octanol–water partition coefficient (Wildman–Crippen LogP) is 1.31. The number of piperazine rings is 1. The molecule has 106 valence electrons. The second-order valence-electron chi connectivity index (χ2n) is 5.67. The van der Waals surface area contributed by atoms with Crippen LogP contribution in [0.2, 0.25) is 0 Å². The number of nitrogens with two attached hydrogens (primary N) is 1. The monoisotopic (exact) mass is 282 g/mol. The minimum Gasteiger partial charge on any atom is -0.345 e.